The summed E-state index contributed by atoms with van der Waals surface area (Å²) in [5, 5.41) is 0. The zero-order valence-electron chi connectivity index (χ0n) is 7.15. The average molecular weight is 243 g/mol. The lowest BCUT2D eigenvalue weighted by atomic mass is 10.1. The van der Waals surface area contributed by atoms with E-state index in [1.165, 1.54) is 5.56 Å². The summed E-state index contributed by atoms with van der Waals surface area (Å²) in [7, 11) is 0. The Labute approximate surface area is 86.0 Å². The first-order chi connectivity index (χ1) is 6.38. The summed E-state index contributed by atoms with van der Waals surface area (Å²) < 4.78 is 10.7. The van der Waals surface area contributed by atoms with Gasteiger partial charge >= 0.3 is 0 Å². The van der Waals surface area contributed by atoms with Crippen molar-refractivity contribution >= 4 is 15.9 Å². The molecule has 3 heteroatoms. The van der Waals surface area contributed by atoms with Crippen LogP contribution in [0.4, 0.5) is 0 Å². The third kappa shape index (κ3) is 2.10. The SMILES string of the molecule is BrC1COCOC1c1ccccc1. The minimum absolute atomic E-state index is 0.120. The van der Waals surface area contributed by atoms with E-state index in [1.54, 1.807) is 0 Å². The van der Waals surface area contributed by atoms with E-state index in [1.807, 2.05) is 18.2 Å². The third-order valence-electron chi connectivity index (χ3n) is 2.06. The Morgan fingerprint density at radius 1 is 1.23 bits per heavy atom. The van der Waals surface area contributed by atoms with Crippen molar-refractivity contribution in [1.29, 1.82) is 0 Å². The summed E-state index contributed by atoms with van der Waals surface area (Å²) in [4.78, 5) is 0.253. The first-order valence-electron chi connectivity index (χ1n) is 4.26. The van der Waals surface area contributed by atoms with Crippen LogP contribution in [0.15, 0.2) is 30.3 Å². The van der Waals surface area contributed by atoms with E-state index in [9.17, 15) is 0 Å². The molecule has 0 aliphatic carbocycles. The fourth-order valence-electron chi connectivity index (χ4n) is 1.42. The normalized spacial score (nSPS) is 28.7. The molecule has 2 nitrogen and oxygen atoms in total. The summed E-state index contributed by atoms with van der Waals surface area (Å²) in [6.07, 6.45) is 0.120. The lowest BCUT2D eigenvalue weighted by Gasteiger charge is -2.28. The zero-order chi connectivity index (χ0) is 9.10. The van der Waals surface area contributed by atoms with E-state index >= 15 is 0 Å². The maximum atomic E-state index is 5.51. The number of benzene rings is 1. The molecule has 1 aliphatic rings. The van der Waals surface area contributed by atoms with Gasteiger partial charge in [0.2, 0.25) is 0 Å². The van der Waals surface area contributed by atoms with Gasteiger partial charge in [-0.05, 0) is 5.56 Å². The van der Waals surface area contributed by atoms with E-state index < -0.39 is 0 Å². The van der Waals surface area contributed by atoms with Crippen molar-refractivity contribution in [3.8, 4) is 0 Å². The minimum Gasteiger partial charge on any atom is -0.354 e. The van der Waals surface area contributed by atoms with Crippen molar-refractivity contribution in [3.63, 3.8) is 0 Å². The fraction of sp³-hybridized carbons (Fsp3) is 0.400. The molecule has 0 bridgehead atoms. The van der Waals surface area contributed by atoms with Gasteiger partial charge in [0, 0.05) is 0 Å². The molecule has 2 rings (SSSR count). The average Bonchev–Trinajstić information content (AvgIpc) is 2.20. The van der Waals surface area contributed by atoms with Gasteiger partial charge < -0.3 is 9.47 Å². The highest BCUT2D eigenvalue weighted by molar-refractivity contribution is 9.09. The number of halogens is 1. The second kappa shape index (κ2) is 4.22. The monoisotopic (exact) mass is 242 g/mol. The maximum absolute atomic E-state index is 5.51. The number of alkyl halides is 1. The smallest absolute Gasteiger partial charge is 0.147 e. The van der Waals surface area contributed by atoms with Crippen molar-refractivity contribution in [2.24, 2.45) is 0 Å². The van der Waals surface area contributed by atoms with Crippen LogP contribution in [0.2, 0.25) is 0 Å². The number of rotatable bonds is 1. The van der Waals surface area contributed by atoms with Gasteiger partial charge in [-0.3, -0.25) is 0 Å². The third-order valence-corrected chi connectivity index (χ3v) is 2.81. The van der Waals surface area contributed by atoms with Gasteiger partial charge in [-0.25, -0.2) is 0 Å². The van der Waals surface area contributed by atoms with Gasteiger partial charge in [0.1, 0.15) is 12.9 Å². The molecule has 1 fully saturated rings. The van der Waals surface area contributed by atoms with Crippen molar-refractivity contribution in [2.75, 3.05) is 13.4 Å². The van der Waals surface area contributed by atoms with Crippen LogP contribution < -0.4 is 0 Å². The predicted octanol–water partition coefficient (Wildman–Crippen LogP) is 2.50. The van der Waals surface area contributed by atoms with E-state index in [2.05, 4.69) is 28.1 Å². The van der Waals surface area contributed by atoms with Crippen LogP contribution in [0.25, 0.3) is 0 Å². The molecule has 0 saturated carbocycles. The maximum Gasteiger partial charge on any atom is 0.147 e. The molecule has 0 N–H and O–H groups in total. The quantitative estimate of drug-likeness (QED) is 0.705. The van der Waals surface area contributed by atoms with Gasteiger partial charge in [-0.2, -0.15) is 0 Å². The molecule has 1 heterocycles. The minimum atomic E-state index is 0.120. The van der Waals surface area contributed by atoms with Gasteiger partial charge in [-0.1, -0.05) is 46.3 Å². The summed E-state index contributed by atoms with van der Waals surface area (Å²) in [5.41, 5.74) is 1.20. The molecule has 0 spiro atoms. The molecule has 1 aromatic carbocycles. The number of hydrogen-bond donors (Lipinski definition) is 0. The Hall–Kier alpha value is -0.380. The van der Waals surface area contributed by atoms with Crippen LogP contribution in [0, 0.1) is 0 Å². The molecule has 1 saturated heterocycles. The van der Waals surface area contributed by atoms with E-state index in [4.69, 9.17) is 9.47 Å². The van der Waals surface area contributed by atoms with Crippen molar-refractivity contribution < 1.29 is 9.47 Å². The summed E-state index contributed by atoms with van der Waals surface area (Å²) in [6, 6.07) is 10.2. The fourth-order valence-corrected chi connectivity index (χ4v) is 2.07. The standard InChI is InChI=1S/C10H11BrO2/c11-9-6-12-7-13-10(9)8-4-2-1-3-5-8/h1-5,9-10H,6-7H2. The largest absolute Gasteiger partial charge is 0.354 e. The Kier molecular flexibility index (Phi) is 2.98. The Balaban J connectivity index is 2.15. The molecule has 13 heavy (non-hydrogen) atoms. The van der Waals surface area contributed by atoms with Gasteiger partial charge in [0.15, 0.2) is 0 Å². The molecular weight excluding hydrogens is 232 g/mol. The van der Waals surface area contributed by atoms with Gasteiger partial charge in [0.05, 0.1) is 11.4 Å². The molecular formula is C10H11BrO2. The molecule has 0 amide bonds. The molecule has 2 unspecified atom stereocenters. The van der Waals surface area contributed by atoms with E-state index in [0.29, 0.717) is 13.4 Å². The van der Waals surface area contributed by atoms with E-state index in [0.717, 1.165) is 0 Å². The highest BCUT2D eigenvalue weighted by Gasteiger charge is 2.25. The zero-order valence-corrected chi connectivity index (χ0v) is 8.74. The van der Waals surface area contributed by atoms with Crippen LogP contribution >= 0.6 is 15.9 Å². The Morgan fingerprint density at radius 3 is 2.69 bits per heavy atom. The summed E-state index contributed by atoms with van der Waals surface area (Å²) >= 11 is 3.54. The Bertz CT molecular complexity index is 263. The molecule has 0 aromatic heterocycles. The van der Waals surface area contributed by atoms with Crippen LogP contribution in [0.3, 0.4) is 0 Å². The lowest BCUT2D eigenvalue weighted by molar-refractivity contribution is -0.135. The van der Waals surface area contributed by atoms with Gasteiger partial charge in [-0.15, -0.1) is 0 Å². The van der Waals surface area contributed by atoms with Crippen LogP contribution in [-0.4, -0.2) is 18.2 Å². The van der Waals surface area contributed by atoms with E-state index in [-0.39, 0.29) is 10.9 Å². The molecule has 1 aliphatic heterocycles. The number of hydrogen-bond acceptors (Lipinski definition) is 2. The highest BCUT2D eigenvalue weighted by atomic mass is 79.9. The van der Waals surface area contributed by atoms with Crippen LogP contribution in [-0.2, 0) is 9.47 Å². The van der Waals surface area contributed by atoms with Crippen molar-refractivity contribution in [1.82, 2.24) is 0 Å². The summed E-state index contributed by atoms with van der Waals surface area (Å²) in [6.45, 7) is 1.10. The highest BCUT2D eigenvalue weighted by Crippen LogP contribution is 2.29. The summed E-state index contributed by atoms with van der Waals surface area (Å²) in [5.74, 6) is 0. The second-order valence-corrected chi connectivity index (χ2v) is 4.18. The predicted molar refractivity (Wildman–Crippen MR) is 53.8 cm³/mol. The topological polar surface area (TPSA) is 18.5 Å². The molecule has 70 valence electrons. The second-order valence-electron chi connectivity index (χ2n) is 3.00. The van der Waals surface area contributed by atoms with Crippen molar-refractivity contribution in [3.05, 3.63) is 35.9 Å². The van der Waals surface area contributed by atoms with Gasteiger partial charge in [0.25, 0.3) is 0 Å². The number of ether oxygens (including phenoxy) is 2. The first kappa shape index (κ1) is 9.19. The lowest BCUT2D eigenvalue weighted by Crippen LogP contribution is -2.28. The molecule has 2 atom stereocenters. The van der Waals surface area contributed by atoms with Crippen LogP contribution in [0.1, 0.15) is 11.7 Å². The first-order valence-corrected chi connectivity index (χ1v) is 5.18. The molecule has 0 radical (unpaired) electrons. The molecule has 1 aromatic rings. The van der Waals surface area contributed by atoms with Crippen LogP contribution in [0.5, 0.6) is 0 Å². The Morgan fingerprint density at radius 2 is 2.00 bits per heavy atom. The van der Waals surface area contributed by atoms with Crippen molar-refractivity contribution in [2.45, 2.75) is 10.9 Å².